The summed E-state index contributed by atoms with van der Waals surface area (Å²) >= 11 is 1.27. The van der Waals surface area contributed by atoms with Crippen molar-refractivity contribution in [2.24, 2.45) is 0 Å². The van der Waals surface area contributed by atoms with Crippen LogP contribution < -0.4 is 5.32 Å². The Labute approximate surface area is 119 Å². The molecule has 0 spiro atoms. The van der Waals surface area contributed by atoms with Gasteiger partial charge < -0.3 is 14.8 Å². The van der Waals surface area contributed by atoms with Crippen LogP contribution in [0.5, 0.6) is 0 Å². The number of carboxylic acids is 1. The fraction of sp³-hybridized carbons (Fsp3) is 0.308. The van der Waals surface area contributed by atoms with E-state index in [9.17, 15) is 9.59 Å². The SMILES string of the molecule is CCCC(NC(=O)c1csc(-c2ccco2)n1)C(=O)O. The number of furan rings is 1. The molecule has 1 atom stereocenters. The van der Waals surface area contributed by atoms with Crippen LogP contribution in [0, 0.1) is 0 Å². The maximum atomic E-state index is 12.0. The lowest BCUT2D eigenvalue weighted by molar-refractivity contribution is -0.139. The Hall–Kier alpha value is -2.15. The van der Waals surface area contributed by atoms with Crippen molar-refractivity contribution in [1.82, 2.24) is 10.3 Å². The van der Waals surface area contributed by atoms with Gasteiger partial charge in [0.2, 0.25) is 0 Å². The van der Waals surface area contributed by atoms with Crippen molar-refractivity contribution in [2.45, 2.75) is 25.8 Å². The van der Waals surface area contributed by atoms with E-state index in [0.29, 0.717) is 23.6 Å². The molecule has 1 unspecified atom stereocenters. The second-order valence-electron chi connectivity index (χ2n) is 4.17. The highest BCUT2D eigenvalue weighted by Gasteiger charge is 2.21. The lowest BCUT2D eigenvalue weighted by atomic mass is 10.1. The van der Waals surface area contributed by atoms with E-state index in [2.05, 4.69) is 10.3 Å². The summed E-state index contributed by atoms with van der Waals surface area (Å²) in [6.07, 6.45) is 2.58. The first kappa shape index (κ1) is 14.3. The minimum Gasteiger partial charge on any atom is -0.480 e. The summed E-state index contributed by atoms with van der Waals surface area (Å²) in [5.74, 6) is -0.945. The highest BCUT2D eigenvalue weighted by molar-refractivity contribution is 7.13. The molecule has 20 heavy (non-hydrogen) atoms. The van der Waals surface area contributed by atoms with E-state index in [1.165, 1.54) is 17.6 Å². The van der Waals surface area contributed by atoms with Crippen molar-refractivity contribution < 1.29 is 19.1 Å². The van der Waals surface area contributed by atoms with E-state index in [1.807, 2.05) is 6.92 Å². The summed E-state index contributed by atoms with van der Waals surface area (Å²) in [5.41, 5.74) is 0.198. The number of carbonyl (C=O) groups excluding carboxylic acids is 1. The molecule has 0 aliphatic heterocycles. The van der Waals surface area contributed by atoms with Crippen molar-refractivity contribution in [2.75, 3.05) is 0 Å². The fourth-order valence-corrected chi connectivity index (χ4v) is 2.44. The van der Waals surface area contributed by atoms with Crippen LogP contribution in [0.15, 0.2) is 28.2 Å². The van der Waals surface area contributed by atoms with Gasteiger partial charge in [0.15, 0.2) is 10.8 Å². The van der Waals surface area contributed by atoms with E-state index in [1.54, 1.807) is 17.5 Å². The lowest BCUT2D eigenvalue weighted by Gasteiger charge is -2.12. The van der Waals surface area contributed by atoms with Crippen molar-refractivity contribution in [1.29, 1.82) is 0 Å². The number of amides is 1. The molecule has 2 aromatic rings. The molecule has 0 saturated carbocycles. The van der Waals surface area contributed by atoms with Gasteiger partial charge in [-0.2, -0.15) is 0 Å². The zero-order valence-corrected chi connectivity index (χ0v) is 11.6. The van der Waals surface area contributed by atoms with Gasteiger partial charge in [-0.05, 0) is 18.6 Å². The lowest BCUT2D eigenvalue weighted by Crippen LogP contribution is -2.40. The Morgan fingerprint density at radius 1 is 1.55 bits per heavy atom. The highest BCUT2D eigenvalue weighted by atomic mass is 32.1. The Morgan fingerprint density at radius 2 is 2.35 bits per heavy atom. The van der Waals surface area contributed by atoms with Gasteiger partial charge in [-0.3, -0.25) is 4.79 Å². The summed E-state index contributed by atoms with van der Waals surface area (Å²) in [7, 11) is 0. The molecule has 0 aromatic carbocycles. The topological polar surface area (TPSA) is 92.4 Å². The summed E-state index contributed by atoms with van der Waals surface area (Å²) in [4.78, 5) is 27.1. The first-order valence-electron chi connectivity index (χ1n) is 6.15. The second kappa shape index (κ2) is 6.33. The number of rotatable bonds is 6. The predicted molar refractivity (Wildman–Crippen MR) is 73.6 cm³/mol. The van der Waals surface area contributed by atoms with Gasteiger partial charge in [-0.25, -0.2) is 9.78 Å². The van der Waals surface area contributed by atoms with Crippen LogP contribution in [0.4, 0.5) is 0 Å². The number of carboxylic acid groups (broad SMARTS) is 1. The molecule has 106 valence electrons. The third-order valence-electron chi connectivity index (χ3n) is 2.65. The summed E-state index contributed by atoms with van der Waals surface area (Å²) in [6.45, 7) is 1.86. The smallest absolute Gasteiger partial charge is 0.326 e. The molecule has 0 fully saturated rings. The number of aliphatic carboxylic acids is 1. The fourth-order valence-electron chi connectivity index (χ4n) is 1.67. The van der Waals surface area contributed by atoms with Crippen LogP contribution >= 0.6 is 11.3 Å². The van der Waals surface area contributed by atoms with Crippen molar-refractivity contribution in [3.63, 3.8) is 0 Å². The van der Waals surface area contributed by atoms with Gasteiger partial charge in [0.1, 0.15) is 11.7 Å². The normalized spacial score (nSPS) is 12.1. The maximum Gasteiger partial charge on any atom is 0.326 e. The molecule has 0 saturated heterocycles. The number of nitrogens with zero attached hydrogens (tertiary/aromatic N) is 1. The Balaban J connectivity index is 2.08. The highest BCUT2D eigenvalue weighted by Crippen LogP contribution is 2.23. The number of hydrogen-bond donors (Lipinski definition) is 2. The molecule has 2 rings (SSSR count). The van der Waals surface area contributed by atoms with Gasteiger partial charge in [-0.1, -0.05) is 13.3 Å². The molecule has 0 aliphatic rings. The van der Waals surface area contributed by atoms with Gasteiger partial charge in [0.25, 0.3) is 5.91 Å². The molecule has 7 heteroatoms. The molecule has 6 nitrogen and oxygen atoms in total. The Kier molecular flexibility index (Phi) is 4.52. The van der Waals surface area contributed by atoms with Crippen LogP contribution in [0.1, 0.15) is 30.3 Å². The first-order chi connectivity index (χ1) is 9.61. The quantitative estimate of drug-likeness (QED) is 0.853. The van der Waals surface area contributed by atoms with Crippen LogP contribution in [-0.4, -0.2) is 28.0 Å². The van der Waals surface area contributed by atoms with Gasteiger partial charge in [0.05, 0.1) is 6.26 Å². The Morgan fingerprint density at radius 3 is 2.95 bits per heavy atom. The maximum absolute atomic E-state index is 12.0. The summed E-state index contributed by atoms with van der Waals surface area (Å²) in [6, 6.07) is 2.59. The number of aromatic nitrogens is 1. The van der Waals surface area contributed by atoms with Crippen LogP contribution in [0.3, 0.4) is 0 Å². The predicted octanol–water partition coefficient (Wildman–Crippen LogP) is 2.39. The molecular formula is C13H14N2O4S. The number of hydrogen-bond acceptors (Lipinski definition) is 5. The van der Waals surface area contributed by atoms with Crippen LogP contribution in [0.25, 0.3) is 10.8 Å². The monoisotopic (exact) mass is 294 g/mol. The van der Waals surface area contributed by atoms with Crippen molar-refractivity contribution in [3.05, 3.63) is 29.5 Å². The third kappa shape index (κ3) is 3.24. The third-order valence-corrected chi connectivity index (χ3v) is 3.51. The minimum absolute atomic E-state index is 0.198. The van der Waals surface area contributed by atoms with Crippen molar-refractivity contribution >= 4 is 23.2 Å². The standard InChI is InChI=1S/C13H14N2O4S/c1-2-4-8(13(17)18)14-11(16)9-7-20-12(15-9)10-5-3-6-19-10/h3,5-8H,2,4H2,1H3,(H,14,16)(H,17,18). The largest absolute Gasteiger partial charge is 0.480 e. The molecule has 2 aromatic heterocycles. The molecular weight excluding hydrogens is 280 g/mol. The molecule has 2 N–H and O–H groups in total. The average Bonchev–Trinajstić information content (AvgIpc) is 3.08. The molecule has 0 radical (unpaired) electrons. The van der Waals surface area contributed by atoms with Gasteiger partial charge in [-0.15, -0.1) is 11.3 Å². The van der Waals surface area contributed by atoms with E-state index in [0.717, 1.165) is 0 Å². The van der Waals surface area contributed by atoms with E-state index in [4.69, 9.17) is 9.52 Å². The molecule has 2 heterocycles. The van der Waals surface area contributed by atoms with E-state index >= 15 is 0 Å². The average molecular weight is 294 g/mol. The Bertz CT molecular complexity index is 591. The summed E-state index contributed by atoms with van der Waals surface area (Å²) in [5, 5.41) is 13.6. The second-order valence-corrected chi connectivity index (χ2v) is 5.03. The summed E-state index contributed by atoms with van der Waals surface area (Å²) < 4.78 is 5.19. The number of thiazole rings is 1. The molecule has 0 bridgehead atoms. The van der Waals surface area contributed by atoms with Gasteiger partial charge >= 0.3 is 5.97 Å². The van der Waals surface area contributed by atoms with Crippen molar-refractivity contribution in [3.8, 4) is 10.8 Å². The molecule has 1 amide bonds. The first-order valence-corrected chi connectivity index (χ1v) is 7.03. The van der Waals surface area contributed by atoms with E-state index < -0.39 is 17.9 Å². The van der Waals surface area contributed by atoms with E-state index in [-0.39, 0.29) is 5.69 Å². The van der Waals surface area contributed by atoms with Gasteiger partial charge in [0, 0.05) is 5.38 Å². The number of nitrogens with one attached hydrogen (secondary N) is 1. The van der Waals surface area contributed by atoms with Crippen LogP contribution in [-0.2, 0) is 4.79 Å². The number of carbonyl (C=O) groups is 2. The molecule has 0 aliphatic carbocycles. The minimum atomic E-state index is -1.04. The zero-order chi connectivity index (χ0) is 14.5. The zero-order valence-electron chi connectivity index (χ0n) is 10.8. The van der Waals surface area contributed by atoms with Crippen LogP contribution in [0.2, 0.25) is 0 Å².